The number of rotatable bonds is 5. The highest BCUT2D eigenvalue weighted by Gasteiger charge is 2.19. The number of hydrogen-bond acceptors (Lipinski definition) is 8. The maximum Gasteiger partial charge on any atom is 0.336 e. The number of nitro benzene ring substituents is 1. The van der Waals surface area contributed by atoms with E-state index >= 15 is 0 Å². The van der Waals surface area contributed by atoms with Gasteiger partial charge in [-0.2, -0.15) is 10.5 Å². The monoisotopic (exact) mass is 315 g/mol. The molecule has 1 heterocycles. The summed E-state index contributed by atoms with van der Waals surface area (Å²) >= 11 is 0. The third-order valence-electron chi connectivity index (χ3n) is 2.90. The first kappa shape index (κ1) is 15.6. The van der Waals surface area contributed by atoms with Crippen molar-refractivity contribution in [3.8, 4) is 6.07 Å². The van der Waals surface area contributed by atoms with Crippen LogP contribution >= 0.6 is 0 Å². The first-order valence-corrected chi connectivity index (χ1v) is 6.07. The molecule has 0 bridgehead atoms. The predicted octanol–water partition coefficient (Wildman–Crippen LogP) is 1.09. The highest BCUT2D eigenvalue weighted by Crippen LogP contribution is 2.28. The van der Waals surface area contributed by atoms with E-state index in [1.807, 2.05) is 6.07 Å². The average molecular weight is 315 g/mol. The molecule has 0 aliphatic carbocycles. The maximum absolute atomic E-state index is 11.1. The van der Waals surface area contributed by atoms with E-state index in [2.05, 4.69) is 25.9 Å². The summed E-state index contributed by atoms with van der Waals surface area (Å²) in [6.07, 6.45) is 1.21. The van der Waals surface area contributed by atoms with E-state index in [1.54, 1.807) is 0 Å². The smallest absolute Gasteiger partial charge is 0.336 e. The predicted molar refractivity (Wildman–Crippen MR) is 76.2 cm³/mol. The fourth-order valence-corrected chi connectivity index (χ4v) is 1.73. The van der Waals surface area contributed by atoms with Gasteiger partial charge < -0.3 is 10.4 Å². The van der Waals surface area contributed by atoms with E-state index in [0.29, 0.717) is 0 Å². The third-order valence-corrected chi connectivity index (χ3v) is 2.90. The summed E-state index contributed by atoms with van der Waals surface area (Å²) in [6.45, 7) is 1.46. The van der Waals surface area contributed by atoms with Crippen LogP contribution in [-0.4, -0.2) is 36.6 Å². The molecule has 11 nitrogen and oxygen atoms in total. The van der Waals surface area contributed by atoms with Crippen LogP contribution in [0.4, 0.5) is 11.4 Å². The maximum atomic E-state index is 11.1. The Balaban J connectivity index is 2.45. The Bertz CT molecular complexity index is 836. The largest absolute Gasteiger partial charge is 0.478 e. The van der Waals surface area contributed by atoms with Gasteiger partial charge in [0.05, 0.1) is 16.1 Å². The number of carboxylic acids is 1. The molecular weight excluding hydrogens is 306 g/mol. The highest BCUT2D eigenvalue weighted by molar-refractivity contribution is 5.91. The molecule has 2 rings (SSSR count). The SMILES string of the molecule is Cc1c(NC=C(C#N)c2nn[nH]n2)cc(C(=O)O)cc1[N+](=O)[O-]. The van der Waals surface area contributed by atoms with Gasteiger partial charge in [0.1, 0.15) is 11.6 Å². The Morgan fingerprint density at radius 3 is 2.83 bits per heavy atom. The van der Waals surface area contributed by atoms with Crippen LogP contribution in [0.2, 0.25) is 0 Å². The zero-order valence-corrected chi connectivity index (χ0v) is 11.6. The Labute approximate surface area is 128 Å². The molecule has 3 N–H and O–H groups in total. The van der Waals surface area contributed by atoms with E-state index in [-0.39, 0.29) is 33.9 Å². The number of carbonyl (C=O) groups is 1. The standard InChI is InChI=1S/C12H9N7O4/c1-6-9(2-7(12(20)21)3-10(6)19(22)23)14-5-8(4-13)11-15-17-18-16-11/h2-3,5,14H,1H3,(H,20,21)(H,15,16,17,18). The molecule has 0 aliphatic rings. The number of aromatic nitrogens is 4. The Kier molecular flexibility index (Phi) is 4.27. The van der Waals surface area contributed by atoms with Gasteiger partial charge in [0.2, 0.25) is 5.82 Å². The second-order valence-corrected chi connectivity index (χ2v) is 4.28. The topological polar surface area (TPSA) is 171 Å². The average Bonchev–Trinajstić information content (AvgIpc) is 3.03. The van der Waals surface area contributed by atoms with Crippen molar-refractivity contribution in [3.63, 3.8) is 0 Å². The summed E-state index contributed by atoms with van der Waals surface area (Å²) < 4.78 is 0. The minimum absolute atomic E-state index is 0.0153. The summed E-state index contributed by atoms with van der Waals surface area (Å²) in [6, 6.07) is 4.03. The molecular formula is C12H9N7O4. The summed E-state index contributed by atoms with van der Waals surface area (Å²) in [5.74, 6) is -1.28. The van der Waals surface area contributed by atoms with Crippen molar-refractivity contribution in [3.05, 3.63) is 45.4 Å². The number of allylic oxidation sites excluding steroid dienone is 1. The van der Waals surface area contributed by atoms with Crippen LogP contribution in [0.1, 0.15) is 21.7 Å². The second-order valence-electron chi connectivity index (χ2n) is 4.28. The van der Waals surface area contributed by atoms with Crippen molar-refractivity contribution in [2.45, 2.75) is 6.92 Å². The van der Waals surface area contributed by atoms with Crippen LogP contribution in [-0.2, 0) is 0 Å². The van der Waals surface area contributed by atoms with E-state index in [0.717, 1.165) is 6.07 Å². The van der Waals surface area contributed by atoms with Crippen molar-refractivity contribution in [1.82, 2.24) is 20.6 Å². The number of carboxylic acid groups (broad SMARTS) is 1. The summed E-state index contributed by atoms with van der Waals surface area (Å²) in [5.41, 5.74) is -0.189. The zero-order chi connectivity index (χ0) is 17.0. The zero-order valence-electron chi connectivity index (χ0n) is 11.6. The minimum Gasteiger partial charge on any atom is -0.478 e. The number of nitrogens with one attached hydrogen (secondary N) is 2. The van der Waals surface area contributed by atoms with Crippen LogP contribution in [0, 0.1) is 28.4 Å². The van der Waals surface area contributed by atoms with Crippen molar-refractivity contribution >= 4 is 22.9 Å². The number of nitrogens with zero attached hydrogens (tertiary/aromatic N) is 5. The van der Waals surface area contributed by atoms with Crippen molar-refractivity contribution in [2.75, 3.05) is 5.32 Å². The van der Waals surface area contributed by atoms with Crippen LogP contribution in [0.3, 0.4) is 0 Å². The minimum atomic E-state index is -1.31. The lowest BCUT2D eigenvalue weighted by atomic mass is 10.1. The van der Waals surface area contributed by atoms with Crippen LogP contribution < -0.4 is 5.32 Å². The van der Waals surface area contributed by atoms with Crippen LogP contribution in [0.15, 0.2) is 18.3 Å². The van der Waals surface area contributed by atoms with Crippen molar-refractivity contribution in [1.29, 1.82) is 5.26 Å². The van der Waals surface area contributed by atoms with Crippen LogP contribution in [0.25, 0.3) is 5.57 Å². The quantitative estimate of drug-likeness (QED) is 0.415. The Hall–Kier alpha value is -3.81. The number of tetrazole rings is 1. The highest BCUT2D eigenvalue weighted by atomic mass is 16.6. The lowest BCUT2D eigenvalue weighted by molar-refractivity contribution is -0.385. The van der Waals surface area contributed by atoms with E-state index < -0.39 is 10.9 Å². The van der Waals surface area contributed by atoms with E-state index in [4.69, 9.17) is 10.4 Å². The number of hydrogen-bond donors (Lipinski definition) is 3. The summed E-state index contributed by atoms with van der Waals surface area (Å²) in [5, 5.41) is 44.5. The lowest BCUT2D eigenvalue weighted by Crippen LogP contribution is -2.04. The molecule has 0 aliphatic heterocycles. The Morgan fingerprint density at radius 2 is 2.30 bits per heavy atom. The fourth-order valence-electron chi connectivity index (χ4n) is 1.73. The number of aromatic amines is 1. The molecule has 116 valence electrons. The molecule has 11 heteroatoms. The number of nitriles is 1. The lowest BCUT2D eigenvalue weighted by Gasteiger charge is -2.08. The molecule has 1 aromatic heterocycles. The van der Waals surface area contributed by atoms with Gasteiger partial charge in [-0.15, -0.1) is 10.2 Å². The number of benzene rings is 1. The van der Waals surface area contributed by atoms with Gasteiger partial charge in [0.25, 0.3) is 5.69 Å². The van der Waals surface area contributed by atoms with Gasteiger partial charge in [-0.3, -0.25) is 10.1 Å². The number of H-pyrrole nitrogens is 1. The van der Waals surface area contributed by atoms with Crippen molar-refractivity contribution in [2.24, 2.45) is 0 Å². The molecule has 0 radical (unpaired) electrons. The van der Waals surface area contributed by atoms with Gasteiger partial charge in [-0.25, -0.2) is 4.79 Å². The first-order chi connectivity index (χ1) is 10.9. The number of aromatic carboxylic acids is 1. The normalized spacial score (nSPS) is 10.9. The number of anilines is 1. The van der Waals surface area contributed by atoms with Crippen LogP contribution in [0.5, 0.6) is 0 Å². The molecule has 0 spiro atoms. The molecule has 2 aromatic rings. The molecule has 1 aromatic carbocycles. The van der Waals surface area contributed by atoms with E-state index in [9.17, 15) is 14.9 Å². The Morgan fingerprint density at radius 1 is 1.57 bits per heavy atom. The molecule has 0 saturated carbocycles. The van der Waals surface area contributed by atoms with E-state index in [1.165, 1.54) is 19.2 Å². The van der Waals surface area contributed by atoms with Gasteiger partial charge in [0.15, 0.2) is 0 Å². The second kappa shape index (κ2) is 6.31. The molecule has 0 atom stereocenters. The van der Waals surface area contributed by atoms with Gasteiger partial charge >= 0.3 is 5.97 Å². The summed E-state index contributed by atoms with van der Waals surface area (Å²) in [4.78, 5) is 21.4. The fraction of sp³-hybridized carbons (Fsp3) is 0.0833. The first-order valence-electron chi connectivity index (χ1n) is 6.07. The molecule has 0 fully saturated rings. The summed E-state index contributed by atoms with van der Waals surface area (Å²) in [7, 11) is 0. The molecule has 0 amide bonds. The van der Waals surface area contributed by atoms with Gasteiger partial charge in [-0.05, 0) is 18.2 Å². The number of nitro groups is 1. The molecule has 0 saturated heterocycles. The van der Waals surface area contributed by atoms with Gasteiger partial charge in [0, 0.05) is 18.0 Å². The third kappa shape index (κ3) is 3.27. The van der Waals surface area contributed by atoms with Crippen molar-refractivity contribution < 1.29 is 14.8 Å². The molecule has 0 unspecified atom stereocenters. The van der Waals surface area contributed by atoms with Gasteiger partial charge in [-0.1, -0.05) is 0 Å². The molecule has 23 heavy (non-hydrogen) atoms.